The van der Waals surface area contributed by atoms with Gasteiger partial charge in [0.1, 0.15) is 0 Å². The van der Waals surface area contributed by atoms with Crippen molar-refractivity contribution in [1.29, 1.82) is 5.26 Å². The summed E-state index contributed by atoms with van der Waals surface area (Å²) in [5, 5.41) is 8.28. The number of nitrogens with zero attached hydrogens (tertiary/aromatic N) is 2. The smallest absolute Gasteiger partial charge is 0.0773 e. The van der Waals surface area contributed by atoms with Crippen LogP contribution < -0.4 is 5.73 Å². The summed E-state index contributed by atoms with van der Waals surface area (Å²) in [5.41, 5.74) is 7.10. The Kier molecular flexibility index (Phi) is 5.71. The van der Waals surface area contributed by atoms with Crippen LogP contribution >= 0.6 is 12.2 Å². The quantitative estimate of drug-likeness (QED) is 0.486. The van der Waals surface area contributed by atoms with Gasteiger partial charge in [-0.15, -0.1) is 0 Å². The van der Waals surface area contributed by atoms with Crippen LogP contribution in [0.2, 0.25) is 0 Å². The Balaban J connectivity index is 3.76. The molecule has 0 fully saturated rings. The maximum absolute atomic E-state index is 8.28. The van der Waals surface area contributed by atoms with Gasteiger partial charge in [-0.25, -0.2) is 0 Å². The molecule has 0 saturated carbocycles. The topological polar surface area (TPSA) is 53.0 Å². The molecular formula is C7H12N3S. The highest BCUT2D eigenvalue weighted by Gasteiger charge is 2.06. The van der Waals surface area contributed by atoms with Gasteiger partial charge < -0.3 is 10.6 Å². The fourth-order valence-electron chi connectivity index (χ4n) is 0.642. The lowest BCUT2D eigenvalue weighted by molar-refractivity contribution is 0.337. The van der Waals surface area contributed by atoms with Gasteiger partial charge in [0.2, 0.25) is 0 Å². The molecule has 0 spiro atoms. The Morgan fingerprint density at radius 1 is 1.82 bits per heavy atom. The second kappa shape index (κ2) is 6.08. The molecule has 4 heteroatoms. The van der Waals surface area contributed by atoms with Crippen molar-refractivity contribution in [2.45, 2.75) is 19.0 Å². The van der Waals surface area contributed by atoms with Crippen molar-refractivity contribution in [3.05, 3.63) is 6.92 Å². The van der Waals surface area contributed by atoms with Gasteiger partial charge in [-0.05, 0) is 13.3 Å². The summed E-state index contributed by atoms with van der Waals surface area (Å²) < 4.78 is 0. The van der Waals surface area contributed by atoms with Gasteiger partial charge in [0.15, 0.2) is 0 Å². The van der Waals surface area contributed by atoms with Crippen LogP contribution in [0.15, 0.2) is 0 Å². The molecule has 61 valence electrons. The number of rotatable bonds is 5. The van der Waals surface area contributed by atoms with Crippen molar-refractivity contribution in [3.63, 3.8) is 0 Å². The zero-order valence-electron chi connectivity index (χ0n) is 6.36. The molecule has 0 aromatic rings. The minimum Gasteiger partial charge on any atom is -0.352 e. The van der Waals surface area contributed by atoms with Crippen LogP contribution in [0.4, 0.5) is 0 Å². The Morgan fingerprint density at radius 3 is 2.82 bits per heavy atom. The fraction of sp³-hybridized carbons (Fsp3) is 0.571. The molecule has 0 amide bonds. The van der Waals surface area contributed by atoms with Crippen LogP contribution in [0.5, 0.6) is 0 Å². The van der Waals surface area contributed by atoms with Crippen molar-refractivity contribution in [1.82, 2.24) is 4.90 Å². The van der Waals surface area contributed by atoms with E-state index in [1.54, 1.807) is 4.90 Å². The van der Waals surface area contributed by atoms with Crippen molar-refractivity contribution in [2.75, 3.05) is 6.54 Å². The molecule has 0 aliphatic rings. The molecule has 0 aliphatic heterocycles. The largest absolute Gasteiger partial charge is 0.352 e. The summed E-state index contributed by atoms with van der Waals surface area (Å²) >= 11 is 4.71. The zero-order valence-corrected chi connectivity index (χ0v) is 7.18. The third kappa shape index (κ3) is 3.91. The summed E-state index contributed by atoms with van der Waals surface area (Å²) in [6.07, 6.45) is 0.889. The first kappa shape index (κ1) is 10.3. The number of nitrogens with two attached hydrogens (primary N) is 1. The van der Waals surface area contributed by atoms with Crippen LogP contribution in [0, 0.1) is 18.3 Å². The molecule has 3 nitrogen and oxygen atoms in total. The average Bonchev–Trinajstić information content (AvgIpc) is 2.05. The molecule has 0 aliphatic carbocycles. The second-order valence-corrected chi connectivity index (χ2v) is 2.32. The van der Waals surface area contributed by atoms with E-state index in [9.17, 15) is 0 Å². The van der Waals surface area contributed by atoms with E-state index in [1.807, 2.05) is 6.07 Å². The van der Waals surface area contributed by atoms with Gasteiger partial charge in [-0.2, -0.15) is 5.26 Å². The highest BCUT2D eigenvalue weighted by Crippen LogP contribution is 1.95. The molecule has 0 rings (SSSR count). The third-order valence-corrected chi connectivity index (χ3v) is 1.61. The molecular weight excluding hydrogens is 158 g/mol. The van der Waals surface area contributed by atoms with E-state index >= 15 is 0 Å². The SMILES string of the molecule is [CH2]CC(N)N(C=S)CCC#N. The van der Waals surface area contributed by atoms with Crippen LogP contribution in [-0.4, -0.2) is 23.1 Å². The molecule has 0 aromatic carbocycles. The third-order valence-electron chi connectivity index (χ3n) is 1.34. The molecule has 11 heavy (non-hydrogen) atoms. The highest BCUT2D eigenvalue weighted by atomic mass is 32.1. The first-order valence-electron chi connectivity index (χ1n) is 3.39. The summed E-state index contributed by atoms with van der Waals surface area (Å²) in [7, 11) is 0. The molecule has 1 atom stereocenters. The number of nitriles is 1. The molecule has 0 heterocycles. The molecule has 0 saturated heterocycles. The fourth-order valence-corrected chi connectivity index (χ4v) is 0.903. The predicted octanol–water partition coefficient (Wildman–Crippen LogP) is 0.668. The number of hydrogen-bond donors (Lipinski definition) is 1. The van der Waals surface area contributed by atoms with E-state index in [0.29, 0.717) is 19.4 Å². The van der Waals surface area contributed by atoms with Gasteiger partial charge >= 0.3 is 0 Å². The van der Waals surface area contributed by atoms with Gasteiger partial charge in [0.25, 0.3) is 0 Å². The van der Waals surface area contributed by atoms with E-state index in [0.717, 1.165) is 0 Å². The van der Waals surface area contributed by atoms with Crippen molar-refractivity contribution in [2.24, 2.45) is 5.73 Å². The first-order valence-corrected chi connectivity index (χ1v) is 3.86. The zero-order chi connectivity index (χ0) is 8.69. The minimum atomic E-state index is -0.152. The van der Waals surface area contributed by atoms with Gasteiger partial charge in [-0.3, -0.25) is 0 Å². The van der Waals surface area contributed by atoms with Crippen molar-refractivity contribution < 1.29 is 0 Å². The Bertz CT molecular complexity index is 152. The normalized spacial score (nSPS) is 11.7. The van der Waals surface area contributed by atoms with Crippen molar-refractivity contribution >= 4 is 17.7 Å². The summed E-state index contributed by atoms with van der Waals surface area (Å²) in [4.78, 5) is 1.74. The molecule has 0 bridgehead atoms. The van der Waals surface area contributed by atoms with Gasteiger partial charge in [0.05, 0.1) is 24.1 Å². The predicted molar refractivity (Wildman–Crippen MR) is 48.5 cm³/mol. The standard InChI is InChI=1S/C7H12N3S/c1-2-7(9)10(6-11)5-3-4-8/h6-7H,1-3,5,9H2. The molecule has 0 aromatic heterocycles. The number of thiocarbonyl (C=S) groups is 1. The number of hydrogen-bond acceptors (Lipinski definition) is 3. The van der Waals surface area contributed by atoms with Crippen LogP contribution in [0.1, 0.15) is 12.8 Å². The summed E-state index contributed by atoms with van der Waals surface area (Å²) in [6, 6.07) is 2.03. The van der Waals surface area contributed by atoms with E-state index < -0.39 is 0 Å². The van der Waals surface area contributed by atoms with Crippen LogP contribution in [-0.2, 0) is 0 Å². The molecule has 1 unspecified atom stereocenters. The van der Waals surface area contributed by atoms with E-state index in [1.165, 1.54) is 5.49 Å². The van der Waals surface area contributed by atoms with E-state index in [-0.39, 0.29) is 6.17 Å². The first-order chi connectivity index (χ1) is 5.26. The lowest BCUT2D eigenvalue weighted by Crippen LogP contribution is -2.40. The Labute approximate surface area is 72.8 Å². The summed E-state index contributed by atoms with van der Waals surface area (Å²) in [6.45, 7) is 4.24. The van der Waals surface area contributed by atoms with Crippen LogP contribution in [0.3, 0.4) is 0 Å². The van der Waals surface area contributed by atoms with E-state index in [4.69, 9.17) is 23.2 Å². The molecule has 2 N–H and O–H groups in total. The Morgan fingerprint density at radius 2 is 2.45 bits per heavy atom. The molecule has 1 radical (unpaired) electrons. The maximum atomic E-state index is 8.28. The highest BCUT2D eigenvalue weighted by molar-refractivity contribution is 7.78. The summed E-state index contributed by atoms with van der Waals surface area (Å²) in [5.74, 6) is 0. The average molecular weight is 170 g/mol. The Hall–Kier alpha value is -0.660. The van der Waals surface area contributed by atoms with E-state index in [2.05, 4.69) is 6.92 Å². The lowest BCUT2D eigenvalue weighted by atomic mass is 10.3. The maximum Gasteiger partial charge on any atom is 0.0773 e. The van der Waals surface area contributed by atoms with Crippen LogP contribution in [0.25, 0.3) is 0 Å². The van der Waals surface area contributed by atoms with Gasteiger partial charge in [0, 0.05) is 6.54 Å². The monoisotopic (exact) mass is 170 g/mol. The lowest BCUT2D eigenvalue weighted by Gasteiger charge is -2.23. The minimum absolute atomic E-state index is 0.152. The van der Waals surface area contributed by atoms with Crippen molar-refractivity contribution in [3.8, 4) is 6.07 Å². The second-order valence-electron chi connectivity index (χ2n) is 2.11. The van der Waals surface area contributed by atoms with Gasteiger partial charge in [-0.1, -0.05) is 12.2 Å².